The Balaban J connectivity index is 1.93. The molecule has 2 aliphatic rings. The maximum atomic E-state index is 3.91. The quantitative estimate of drug-likeness (QED) is 0.634. The first-order chi connectivity index (χ1) is 7.86. The fourth-order valence-electron chi connectivity index (χ4n) is 3.79. The summed E-state index contributed by atoms with van der Waals surface area (Å²) in [5, 5.41) is 0. The monoisotopic (exact) mass is 221 g/mol. The molecule has 0 spiro atoms. The van der Waals surface area contributed by atoms with Gasteiger partial charge in [0, 0.05) is 12.1 Å². The van der Waals surface area contributed by atoms with Gasteiger partial charge in [-0.2, -0.15) is 0 Å². The number of hydrogen-bond acceptors (Lipinski definition) is 1. The number of piperidine rings is 1. The summed E-state index contributed by atoms with van der Waals surface area (Å²) in [4.78, 5) is 2.81. The van der Waals surface area contributed by atoms with E-state index in [-0.39, 0.29) is 0 Å². The summed E-state index contributed by atoms with van der Waals surface area (Å²) in [7, 11) is 0. The smallest absolute Gasteiger partial charge is 0.0133 e. The third kappa shape index (κ3) is 2.51. The Labute approximate surface area is 101 Å². The molecule has 2 aliphatic heterocycles. The summed E-state index contributed by atoms with van der Waals surface area (Å²) in [5.74, 6) is 1.00. The van der Waals surface area contributed by atoms with E-state index in [1.165, 1.54) is 57.9 Å². The van der Waals surface area contributed by atoms with Crippen molar-refractivity contribution < 1.29 is 0 Å². The number of hydrogen-bond donors (Lipinski definition) is 0. The molecule has 3 atom stereocenters. The Hall–Kier alpha value is -0.300. The van der Waals surface area contributed by atoms with Crippen molar-refractivity contribution in [2.24, 2.45) is 5.92 Å². The van der Waals surface area contributed by atoms with E-state index in [4.69, 9.17) is 0 Å². The predicted molar refractivity (Wildman–Crippen MR) is 70.6 cm³/mol. The van der Waals surface area contributed by atoms with Gasteiger partial charge in [-0.25, -0.2) is 0 Å². The first kappa shape index (κ1) is 12.2. The molecular formula is C15H27N. The van der Waals surface area contributed by atoms with Crippen molar-refractivity contribution >= 4 is 0 Å². The molecule has 1 heteroatoms. The Morgan fingerprint density at radius 3 is 2.94 bits per heavy atom. The molecule has 0 aliphatic carbocycles. The highest BCUT2D eigenvalue weighted by atomic mass is 15.2. The van der Waals surface area contributed by atoms with Crippen LogP contribution in [0.5, 0.6) is 0 Å². The minimum atomic E-state index is 0.822. The minimum Gasteiger partial charge on any atom is -0.297 e. The molecule has 2 saturated heterocycles. The van der Waals surface area contributed by atoms with Gasteiger partial charge in [0.25, 0.3) is 0 Å². The molecular weight excluding hydrogens is 194 g/mol. The molecule has 0 saturated carbocycles. The van der Waals surface area contributed by atoms with Crippen molar-refractivity contribution in [1.82, 2.24) is 4.90 Å². The van der Waals surface area contributed by atoms with Crippen molar-refractivity contribution in [2.75, 3.05) is 6.54 Å². The molecule has 92 valence electrons. The highest BCUT2D eigenvalue weighted by Gasteiger charge is 2.38. The molecule has 2 heterocycles. The van der Waals surface area contributed by atoms with Crippen LogP contribution in [-0.2, 0) is 0 Å². The average molecular weight is 221 g/mol. The molecule has 0 bridgehead atoms. The maximum absolute atomic E-state index is 3.91. The summed E-state index contributed by atoms with van der Waals surface area (Å²) in [5.41, 5.74) is 0. The summed E-state index contributed by atoms with van der Waals surface area (Å²) >= 11 is 0. The lowest BCUT2D eigenvalue weighted by molar-refractivity contribution is 0.0702. The van der Waals surface area contributed by atoms with Crippen LogP contribution in [0, 0.1) is 5.92 Å². The van der Waals surface area contributed by atoms with Crippen LogP contribution in [0.15, 0.2) is 12.7 Å². The zero-order valence-electron chi connectivity index (χ0n) is 10.8. The lowest BCUT2D eigenvalue weighted by Gasteiger charge is -2.42. The van der Waals surface area contributed by atoms with Crippen LogP contribution < -0.4 is 0 Å². The van der Waals surface area contributed by atoms with Crippen LogP contribution in [-0.4, -0.2) is 23.5 Å². The van der Waals surface area contributed by atoms with E-state index in [0.29, 0.717) is 0 Å². The van der Waals surface area contributed by atoms with Gasteiger partial charge < -0.3 is 0 Å². The Morgan fingerprint density at radius 1 is 1.31 bits per heavy atom. The third-order valence-electron chi connectivity index (χ3n) is 4.59. The topological polar surface area (TPSA) is 3.24 Å². The SMILES string of the molecule is C=CCC1CCC(CCCC)C2CCCN12. The van der Waals surface area contributed by atoms with Gasteiger partial charge in [-0.1, -0.05) is 25.8 Å². The molecule has 2 fully saturated rings. The predicted octanol–water partition coefficient (Wildman–Crippen LogP) is 4.00. The van der Waals surface area contributed by atoms with E-state index in [9.17, 15) is 0 Å². The number of nitrogens with zero attached hydrogens (tertiary/aromatic N) is 1. The van der Waals surface area contributed by atoms with Gasteiger partial charge in [0.15, 0.2) is 0 Å². The van der Waals surface area contributed by atoms with Crippen molar-refractivity contribution in [3.05, 3.63) is 12.7 Å². The normalized spacial score (nSPS) is 34.9. The number of rotatable bonds is 5. The van der Waals surface area contributed by atoms with Gasteiger partial charge in [0.05, 0.1) is 0 Å². The molecule has 0 aromatic heterocycles. The van der Waals surface area contributed by atoms with Crippen LogP contribution >= 0.6 is 0 Å². The van der Waals surface area contributed by atoms with Crippen LogP contribution in [0.2, 0.25) is 0 Å². The Morgan fingerprint density at radius 2 is 2.19 bits per heavy atom. The summed E-state index contributed by atoms with van der Waals surface area (Å²) in [6.07, 6.45) is 13.4. The molecule has 0 amide bonds. The number of fused-ring (bicyclic) bond motifs is 1. The zero-order valence-corrected chi connectivity index (χ0v) is 10.8. The van der Waals surface area contributed by atoms with E-state index in [1.807, 2.05) is 0 Å². The molecule has 2 rings (SSSR count). The minimum absolute atomic E-state index is 0.822. The second kappa shape index (κ2) is 5.86. The van der Waals surface area contributed by atoms with Gasteiger partial charge in [0.2, 0.25) is 0 Å². The second-order valence-corrected chi connectivity index (χ2v) is 5.61. The van der Waals surface area contributed by atoms with Crippen LogP contribution in [0.4, 0.5) is 0 Å². The second-order valence-electron chi connectivity index (χ2n) is 5.61. The fourth-order valence-corrected chi connectivity index (χ4v) is 3.79. The number of unbranched alkanes of at least 4 members (excludes halogenated alkanes) is 1. The maximum Gasteiger partial charge on any atom is 0.0133 e. The summed E-state index contributed by atoms with van der Waals surface area (Å²) in [6, 6.07) is 1.74. The molecule has 0 radical (unpaired) electrons. The molecule has 16 heavy (non-hydrogen) atoms. The van der Waals surface area contributed by atoms with Gasteiger partial charge in [0.1, 0.15) is 0 Å². The molecule has 0 N–H and O–H groups in total. The largest absolute Gasteiger partial charge is 0.297 e. The molecule has 1 nitrogen and oxygen atoms in total. The average Bonchev–Trinajstić information content (AvgIpc) is 2.78. The van der Waals surface area contributed by atoms with E-state index in [1.54, 1.807) is 0 Å². The third-order valence-corrected chi connectivity index (χ3v) is 4.59. The lowest BCUT2D eigenvalue weighted by Crippen LogP contribution is -2.47. The fraction of sp³-hybridized carbons (Fsp3) is 0.867. The zero-order chi connectivity index (χ0) is 11.4. The van der Waals surface area contributed by atoms with Crippen LogP contribution in [0.3, 0.4) is 0 Å². The van der Waals surface area contributed by atoms with Crippen LogP contribution in [0.1, 0.15) is 58.3 Å². The molecule has 3 unspecified atom stereocenters. The van der Waals surface area contributed by atoms with Gasteiger partial charge in [-0.05, 0) is 51.0 Å². The van der Waals surface area contributed by atoms with Crippen molar-refractivity contribution in [2.45, 2.75) is 70.4 Å². The summed E-state index contributed by atoms with van der Waals surface area (Å²) in [6.45, 7) is 7.58. The van der Waals surface area contributed by atoms with Crippen LogP contribution in [0.25, 0.3) is 0 Å². The van der Waals surface area contributed by atoms with Crippen molar-refractivity contribution in [1.29, 1.82) is 0 Å². The van der Waals surface area contributed by atoms with Gasteiger partial charge in [-0.15, -0.1) is 6.58 Å². The lowest BCUT2D eigenvalue weighted by atomic mass is 9.82. The highest BCUT2D eigenvalue weighted by molar-refractivity contribution is 4.95. The van der Waals surface area contributed by atoms with Crippen molar-refractivity contribution in [3.63, 3.8) is 0 Å². The Kier molecular flexibility index (Phi) is 4.45. The van der Waals surface area contributed by atoms with E-state index < -0.39 is 0 Å². The Bertz CT molecular complexity index is 223. The van der Waals surface area contributed by atoms with E-state index in [0.717, 1.165) is 18.0 Å². The van der Waals surface area contributed by atoms with E-state index in [2.05, 4.69) is 24.5 Å². The molecule has 0 aromatic carbocycles. The van der Waals surface area contributed by atoms with E-state index >= 15 is 0 Å². The van der Waals surface area contributed by atoms with Gasteiger partial charge >= 0.3 is 0 Å². The summed E-state index contributed by atoms with van der Waals surface area (Å²) < 4.78 is 0. The highest BCUT2D eigenvalue weighted by Crippen LogP contribution is 2.38. The molecule has 0 aromatic rings. The standard InChI is InChI=1S/C15H27N/c1-3-5-8-13-10-11-14(7-4-2)16-12-6-9-15(13)16/h4,13-15H,2-3,5-12H2,1H3. The van der Waals surface area contributed by atoms with Gasteiger partial charge in [-0.3, -0.25) is 4.90 Å². The van der Waals surface area contributed by atoms with Crippen molar-refractivity contribution in [3.8, 4) is 0 Å². The first-order valence-corrected chi connectivity index (χ1v) is 7.23. The first-order valence-electron chi connectivity index (χ1n) is 7.23.